The van der Waals surface area contributed by atoms with Crippen LogP contribution in [0.1, 0.15) is 6.92 Å². The van der Waals surface area contributed by atoms with Gasteiger partial charge in [0, 0.05) is 16.1 Å². The first-order valence-corrected chi connectivity index (χ1v) is 2.94. The molecule has 48 valence electrons. The van der Waals surface area contributed by atoms with Gasteiger partial charge in [-0.05, 0) is 18.7 Å². The van der Waals surface area contributed by atoms with Crippen molar-refractivity contribution in [3.63, 3.8) is 0 Å². The van der Waals surface area contributed by atoms with Crippen molar-refractivity contribution in [3.8, 4) is 0 Å². The lowest BCUT2D eigenvalue weighted by Crippen LogP contribution is -2.24. The molecule has 0 fully saturated rings. The summed E-state index contributed by atoms with van der Waals surface area (Å²) in [7, 11) is 0. The van der Waals surface area contributed by atoms with Crippen molar-refractivity contribution in [2.45, 2.75) is 13.0 Å². The van der Waals surface area contributed by atoms with Gasteiger partial charge in [0.25, 0.3) is 0 Å². The number of nitrogens with zero attached hydrogens (tertiary/aromatic N) is 1. The maximum absolute atomic E-state index is 9.98. The number of carboxylic acid groups (broad SMARTS) is 1. The van der Waals surface area contributed by atoms with E-state index in [1.165, 1.54) is 6.92 Å². The maximum atomic E-state index is 9.98. The molecule has 0 bridgehead atoms. The first kappa shape index (κ1) is 8.20. The van der Waals surface area contributed by atoms with Gasteiger partial charge in [0.05, 0.1) is 0 Å². The molecule has 0 aromatic rings. The molecule has 0 saturated carbocycles. The zero-order valence-corrected chi connectivity index (χ0v) is 6.48. The Morgan fingerprint density at radius 1 is 2.00 bits per heavy atom. The van der Waals surface area contributed by atoms with E-state index in [0.29, 0.717) is 0 Å². The Bertz CT molecular complexity index is 97.3. The third-order valence-corrected chi connectivity index (χ3v) is 1.56. The Kier molecular flexibility index (Phi) is 3.35. The zero-order chi connectivity index (χ0) is 6.73. The van der Waals surface area contributed by atoms with Gasteiger partial charge in [-0.25, -0.2) is 0 Å². The van der Waals surface area contributed by atoms with E-state index in [2.05, 4.69) is 16.1 Å². The fraction of sp³-hybridized carbons (Fsp3) is 0.667. The number of aliphatic carboxylic acids is 1. The Morgan fingerprint density at radius 3 is 2.38 bits per heavy atom. The molecule has 3 nitrogen and oxygen atoms in total. The molecule has 0 rings (SSSR count). The Hall–Kier alpha value is 0.200. The van der Waals surface area contributed by atoms with E-state index in [9.17, 15) is 4.79 Å². The van der Waals surface area contributed by atoms with Gasteiger partial charge in [-0.15, -0.1) is 3.45 Å². The summed E-state index contributed by atoms with van der Waals surface area (Å²) in [5.41, 5.74) is 0. The molecule has 8 heavy (non-hydrogen) atoms. The average Bonchev–Trinajstić information content (AvgIpc) is 1.64. The van der Waals surface area contributed by atoms with E-state index in [-0.39, 0.29) is 0 Å². The number of rotatable bonds is 2. The quantitative estimate of drug-likeness (QED) is 0.685. The van der Waals surface area contributed by atoms with Crippen LogP contribution in [-0.4, -0.2) is 20.6 Å². The largest absolute Gasteiger partial charge is 0.480 e. The SMILES string of the molecule is C[C@@H](C(=O)O)N(Cl)Br. The highest BCUT2D eigenvalue weighted by Gasteiger charge is 2.15. The van der Waals surface area contributed by atoms with Gasteiger partial charge < -0.3 is 5.11 Å². The predicted octanol–water partition coefficient (Wildman–Crippen LogP) is 1.23. The van der Waals surface area contributed by atoms with E-state index in [0.717, 1.165) is 3.45 Å². The lowest BCUT2D eigenvalue weighted by molar-refractivity contribution is -0.139. The van der Waals surface area contributed by atoms with E-state index in [1.54, 1.807) is 0 Å². The van der Waals surface area contributed by atoms with Crippen molar-refractivity contribution < 1.29 is 9.90 Å². The number of carboxylic acids is 1. The zero-order valence-electron chi connectivity index (χ0n) is 4.14. The molecular weight excluding hydrogens is 197 g/mol. The Morgan fingerprint density at radius 2 is 2.38 bits per heavy atom. The average molecular weight is 202 g/mol. The molecule has 1 N–H and O–H groups in total. The monoisotopic (exact) mass is 201 g/mol. The third kappa shape index (κ3) is 2.49. The molecule has 0 radical (unpaired) electrons. The van der Waals surface area contributed by atoms with Crippen LogP contribution in [-0.2, 0) is 4.79 Å². The number of hydrogen-bond donors (Lipinski definition) is 1. The van der Waals surface area contributed by atoms with Gasteiger partial charge in [0.1, 0.15) is 6.04 Å². The molecule has 0 saturated heterocycles. The lowest BCUT2D eigenvalue weighted by atomic mass is 10.4. The van der Waals surface area contributed by atoms with Crippen LogP contribution in [0.3, 0.4) is 0 Å². The molecule has 0 spiro atoms. The van der Waals surface area contributed by atoms with Crippen molar-refractivity contribution in [2.24, 2.45) is 0 Å². The van der Waals surface area contributed by atoms with E-state index >= 15 is 0 Å². The van der Waals surface area contributed by atoms with Crippen LogP contribution in [0.2, 0.25) is 0 Å². The topological polar surface area (TPSA) is 40.5 Å². The summed E-state index contributed by atoms with van der Waals surface area (Å²) < 4.78 is 0.926. The molecule has 0 aliphatic rings. The van der Waals surface area contributed by atoms with Gasteiger partial charge in [0.2, 0.25) is 0 Å². The molecule has 1 atom stereocenters. The van der Waals surface area contributed by atoms with E-state index in [4.69, 9.17) is 16.9 Å². The fourth-order valence-corrected chi connectivity index (χ4v) is 0.342. The number of hydrogen-bond acceptors (Lipinski definition) is 2. The molecule has 0 heterocycles. The summed E-state index contributed by atoms with van der Waals surface area (Å²) in [6.07, 6.45) is 0. The highest BCUT2D eigenvalue weighted by atomic mass is 79.9. The summed E-state index contributed by atoms with van der Waals surface area (Å²) in [6.45, 7) is 1.46. The molecule has 0 aliphatic heterocycles. The van der Waals surface area contributed by atoms with Crippen LogP contribution in [0.5, 0.6) is 0 Å². The molecule has 0 unspecified atom stereocenters. The smallest absolute Gasteiger partial charge is 0.322 e. The van der Waals surface area contributed by atoms with Crippen LogP contribution in [0.4, 0.5) is 0 Å². The van der Waals surface area contributed by atoms with E-state index < -0.39 is 12.0 Å². The summed E-state index contributed by atoms with van der Waals surface area (Å²) >= 11 is 7.95. The van der Waals surface area contributed by atoms with Crippen molar-refractivity contribution in [1.82, 2.24) is 3.45 Å². The number of halogens is 2. The van der Waals surface area contributed by atoms with Gasteiger partial charge in [-0.2, -0.15) is 0 Å². The summed E-state index contributed by atoms with van der Waals surface area (Å²) in [5.74, 6) is -0.961. The third-order valence-electron chi connectivity index (χ3n) is 0.650. The van der Waals surface area contributed by atoms with Crippen LogP contribution < -0.4 is 0 Å². The lowest BCUT2D eigenvalue weighted by Gasteiger charge is -2.07. The minimum atomic E-state index is -0.961. The second-order valence-corrected chi connectivity index (χ2v) is 2.81. The fourth-order valence-electron chi connectivity index (χ4n) is 0.0835. The standard InChI is InChI=1S/C3H5BrClNO2/c1-2(3(7)8)6(4)5/h2H,1H3,(H,7,8)/t2-/m0/s1. The molecule has 0 aliphatic carbocycles. The maximum Gasteiger partial charge on any atom is 0.322 e. The summed E-state index contributed by atoms with van der Waals surface area (Å²) in [5, 5.41) is 8.20. The number of carbonyl (C=O) groups is 1. The minimum Gasteiger partial charge on any atom is -0.480 e. The summed E-state index contributed by atoms with van der Waals surface area (Å²) in [4.78, 5) is 9.98. The highest BCUT2D eigenvalue weighted by Crippen LogP contribution is 2.08. The molecule has 5 heteroatoms. The van der Waals surface area contributed by atoms with Crippen LogP contribution in [0.25, 0.3) is 0 Å². The van der Waals surface area contributed by atoms with Crippen molar-refractivity contribution >= 4 is 33.9 Å². The van der Waals surface area contributed by atoms with Crippen LogP contribution in [0, 0.1) is 0 Å². The van der Waals surface area contributed by atoms with Crippen molar-refractivity contribution in [2.75, 3.05) is 0 Å². The Labute approximate surface area is 60.7 Å². The van der Waals surface area contributed by atoms with Gasteiger partial charge >= 0.3 is 5.97 Å². The van der Waals surface area contributed by atoms with Crippen LogP contribution >= 0.6 is 27.9 Å². The summed E-state index contributed by atoms with van der Waals surface area (Å²) in [6, 6.07) is -0.698. The van der Waals surface area contributed by atoms with Crippen molar-refractivity contribution in [3.05, 3.63) is 0 Å². The first-order valence-electron chi connectivity index (χ1n) is 1.89. The van der Waals surface area contributed by atoms with E-state index in [1.807, 2.05) is 0 Å². The molecule has 0 aromatic carbocycles. The normalized spacial score (nSPS) is 14.0. The minimum absolute atomic E-state index is 0.698. The van der Waals surface area contributed by atoms with Crippen molar-refractivity contribution in [1.29, 1.82) is 0 Å². The van der Waals surface area contributed by atoms with Gasteiger partial charge in [0.15, 0.2) is 0 Å². The molecule has 0 amide bonds. The molecular formula is C3H5BrClNO2. The molecule has 0 aromatic heterocycles. The van der Waals surface area contributed by atoms with Gasteiger partial charge in [-0.3, -0.25) is 4.79 Å². The Balaban J connectivity index is 3.64. The second kappa shape index (κ2) is 3.27. The van der Waals surface area contributed by atoms with Gasteiger partial charge in [-0.1, -0.05) is 0 Å². The van der Waals surface area contributed by atoms with Crippen LogP contribution in [0.15, 0.2) is 0 Å². The highest BCUT2D eigenvalue weighted by molar-refractivity contribution is 9.08. The predicted molar refractivity (Wildman–Crippen MR) is 33.7 cm³/mol. The first-order chi connectivity index (χ1) is 3.55. The second-order valence-electron chi connectivity index (χ2n) is 1.27.